The Labute approximate surface area is 123 Å². The number of nitrogens with zero attached hydrogens (tertiary/aromatic N) is 2. The summed E-state index contributed by atoms with van der Waals surface area (Å²) in [5.74, 6) is 0. The number of nitro groups is 1. The first-order valence-electron chi connectivity index (χ1n) is 6.15. The summed E-state index contributed by atoms with van der Waals surface area (Å²) >= 11 is 0. The van der Waals surface area contributed by atoms with Gasteiger partial charge in [-0.05, 0) is 18.6 Å². The summed E-state index contributed by atoms with van der Waals surface area (Å²) in [6.07, 6.45) is -4.42. The van der Waals surface area contributed by atoms with Gasteiger partial charge in [-0.25, -0.2) is 8.42 Å². The van der Waals surface area contributed by atoms with Gasteiger partial charge in [-0.2, -0.15) is 17.5 Å². The van der Waals surface area contributed by atoms with Crippen LogP contribution in [-0.4, -0.2) is 36.8 Å². The Morgan fingerprint density at radius 3 is 2.45 bits per heavy atom. The quantitative estimate of drug-likeness (QED) is 0.660. The van der Waals surface area contributed by atoms with Gasteiger partial charge in [-0.3, -0.25) is 10.1 Å². The lowest BCUT2D eigenvalue weighted by atomic mass is 10.2. The number of halogens is 3. The highest BCUT2D eigenvalue weighted by atomic mass is 32.2. The minimum absolute atomic E-state index is 0.0273. The molecule has 1 atom stereocenters. The van der Waals surface area contributed by atoms with Crippen molar-refractivity contribution in [1.29, 1.82) is 0 Å². The molecule has 0 bridgehead atoms. The zero-order valence-corrected chi connectivity index (χ0v) is 11.9. The minimum atomic E-state index is -4.80. The van der Waals surface area contributed by atoms with Crippen molar-refractivity contribution < 1.29 is 26.5 Å². The molecule has 2 N–H and O–H groups in total. The molecule has 1 aromatic carbocycles. The molecule has 0 aromatic heterocycles. The number of sulfonamides is 1. The molecule has 0 amide bonds. The molecule has 1 unspecified atom stereocenters. The normalized spacial score (nSPS) is 20.3. The first-order chi connectivity index (χ1) is 10.0. The van der Waals surface area contributed by atoms with Crippen molar-refractivity contribution in [2.24, 2.45) is 5.73 Å². The standard InChI is InChI=1S/C11H12F3N3O4S/c12-11(13,14)7-1-2-10(9(5-7)17(18)19)22(20,21)16-4-3-8(15)6-16/h1-2,5,8H,3-4,6,15H2. The van der Waals surface area contributed by atoms with Crippen molar-refractivity contribution >= 4 is 15.7 Å². The van der Waals surface area contributed by atoms with E-state index in [1.807, 2.05) is 0 Å². The summed E-state index contributed by atoms with van der Waals surface area (Å²) in [6, 6.07) is 0.946. The zero-order valence-electron chi connectivity index (χ0n) is 11.1. The number of alkyl halides is 3. The fourth-order valence-corrected chi connectivity index (χ4v) is 3.82. The summed E-state index contributed by atoms with van der Waals surface area (Å²) in [7, 11) is -4.27. The number of benzene rings is 1. The molecule has 0 radical (unpaired) electrons. The van der Waals surface area contributed by atoms with Crippen LogP contribution in [-0.2, 0) is 16.2 Å². The van der Waals surface area contributed by atoms with Crippen LogP contribution in [0.25, 0.3) is 0 Å². The molecule has 1 saturated heterocycles. The second-order valence-electron chi connectivity index (χ2n) is 4.85. The van der Waals surface area contributed by atoms with Crippen molar-refractivity contribution in [1.82, 2.24) is 4.31 Å². The first-order valence-corrected chi connectivity index (χ1v) is 7.59. The van der Waals surface area contributed by atoms with E-state index in [-0.39, 0.29) is 19.2 Å². The lowest BCUT2D eigenvalue weighted by Crippen LogP contribution is -2.32. The highest BCUT2D eigenvalue weighted by molar-refractivity contribution is 7.89. The maximum absolute atomic E-state index is 12.6. The predicted molar refractivity (Wildman–Crippen MR) is 69.4 cm³/mol. The van der Waals surface area contributed by atoms with Crippen molar-refractivity contribution in [3.63, 3.8) is 0 Å². The monoisotopic (exact) mass is 339 g/mol. The molecule has 22 heavy (non-hydrogen) atoms. The third kappa shape index (κ3) is 3.05. The molecule has 1 fully saturated rings. The molecule has 2 rings (SSSR count). The van der Waals surface area contributed by atoms with E-state index < -0.39 is 43.3 Å². The van der Waals surface area contributed by atoms with E-state index in [9.17, 15) is 31.7 Å². The average Bonchev–Trinajstić information content (AvgIpc) is 2.84. The van der Waals surface area contributed by atoms with Gasteiger partial charge in [0.1, 0.15) is 0 Å². The number of rotatable bonds is 3. The average molecular weight is 339 g/mol. The van der Waals surface area contributed by atoms with Gasteiger partial charge in [0.05, 0.1) is 10.5 Å². The van der Waals surface area contributed by atoms with Crippen LogP contribution in [0.3, 0.4) is 0 Å². The van der Waals surface area contributed by atoms with Crippen molar-refractivity contribution in [3.8, 4) is 0 Å². The Morgan fingerprint density at radius 2 is 2.00 bits per heavy atom. The van der Waals surface area contributed by atoms with Crippen LogP contribution >= 0.6 is 0 Å². The van der Waals surface area contributed by atoms with E-state index >= 15 is 0 Å². The summed E-state index contributed by atoms with van der Waals surface area (Å²) < 4.78 is 63.5. The topological polar surface area (TPSA) is 107 Å². The van der Waals surface area contributed by atoms with Crippen LogP contribution in [0.15, 0.2) is 23.1 Å². The first kappa shape index (κ1) is 16.6. The smallest absolute Gasteiger partial charge is 0.326 e. The Kier molecular flexibility index (Phi) is 4.15. The van der Waals surface area contributed by atoms with Crippen LogP contribution in [0.5, 0.6) is 0 Å². The van der Waals surface area contributed by atoms with Crippen molar-refractivity contribution in [3.05, 3.63) is 33.9 Å². The van der Waals surface area contributed by atoms with Crippen LogP contribution in [0.1, 0.15) is 12.0 Å². The summed E-state index contributed by atoms with van der Waals surface area (Å²) in [5.41, 5.74) is 3.21. The molecule has 122 valence electrons. The molecule has 1 aromatic rings. The molecule has 7 nitrogen and oxygen atoms in total. The van der Waals surface area contributed by atoms with Gasteiger partial charge < -0.3 is 5.73 Å². The van der Waals surface area contributed by atoms with Gasteiger partial charge in [-0.15, -0.1) is 0 Å². The molecule has 1 aliphatic rings. The third-order valence-electron chi connectivity index (χ3n) is 3.29. The SMILES string of the molecule is NC1CCN(S(=O)(=O)c2ccc(C(F)(F)F)cc2[N+](=O)[O-])C1. The Bertz CT molecular complexity index is 705. The molecule has 1 heterocycles. The second kappa shape index (κ2) is 5.48. The van der Waals surface area contributed by atoms with Crippen LogP contribution < -0.4 is 5.73 Å². The molecular weight excluding hydrogens is 327 g/mol. The number of hydrogen-bond acceptors (Lipinski definition) is 5. The summed E-state index contributed by atoms with van der Waals surface area (Å²) in [6.45, 7) is 0.0438. The van der Waals surface area contributed by atoms with E-state index in [4.69, 9.17) is 5.73 Å². The van der Waals surface area contributed by atoms with Crippen LogP contribution in [0.2, 0.25) is 0 Å². The maximum Gasteiger partial charge on any atom is 0.416 e. The van der Waals surface area contributed by atoms with Crippen LogP contribution in [0, 0.1) is 10.1 Å². The van der Waals surface area contributed by atoms with E-state index in [2.05, 4.69) is 0 Å². The Balaban J connectivity index is 2.53. The van der Waals surface area contributed by atoms with Gasteiger partial charge in [0.15, 0.2) is 4.90 Å². The molecule has 11 heteroatoms. The molecule has 0 aliphatic carbocycles. The maximum atomic E-state index is 12.6. The van der Waals surface area contributed by atoms with Gasteiger partial charge in [0, 0.05) is 25.2 Å². The van der Waals surface area contributed by atoms with E-state index in [1.165, 1.54) is 0 Å². The largest absolute Gasteiger partial charge is 0.416 e. The summed E-state index contributed by atoms with van der Waals surface area (Å²) in [4.78, 5) is 9.05. The second-order valence-corrected chi connectivity index (χ2v) is 6.76. The highest BCUT2D eigenvalue weighted by Crippen LogP contribution is 2.35. The van der Waals surface area contributed by atoms with Gasteiger partial charge in [0.25, 0.3) is 5.69 Å². The predicted octanol–water partition coefficient (Wildman–Crippen LogP) is 1.34. The van der Waals surface area contributed by atoms with E-state index in [0.29, 0.717) is 18.6 Å². The molecule has 0 saturated carbocycles. The molecular formula is C11H12F3N3O4S. The fourth-order valence-electron chi connectivity index (χ4n) is 2.17. The van der Waals surface area contributed by atoms with Gasteiger partial charge in [-0.1, -0.05) is 0 Å². The summed E-state index contributed by atoms with van der Waals surface area (Å²) in [5, 5.41) is 11.0. The highest BCUT2D eigenvalue weighted by Gasteiger charge is 2.38. The fraction of sp³-hybridized carbons (Fsp3) is 0.455. The third-order valence-corrected chi connectivity index (χ3v) is 5.20. The zero-order chi connectivity index (χ0) is 16.7. The number of hydrogen-bond donors (Lipinski definition) is 1. The lowest BCUT2D eigenvalue weighted by molar-refractivity contribution is -0.388. The number of nitrogens with two attached hydrogens (primary N) is 1. The Hall–Kier alpha value is -1.72. The molecule has 0 spiro atoms. The molecule has 1 aliphatic heterocycles. The van der Waals surface area contributed by atoms with E-state index in [0.717, 1.165) is 4.31 Å². The van der Waals surface area contributed by atoms with Gasteiger partial charge in [0.2, 0.25) is 10.0 Å². The van der Waals surface area contributed by atoms with Crippen molar-refractivity contribution in [2.45, 2.75) is 23.5 Å². The van der Waals surface area contributed by atoms with Crippen LogP contribution in [0.4, 0.5) is 18.9 Å². The number of nitro benzene ring substituents is 1. The lowest BCUT2D eigenvalue weighted by Gasteiger charge is -2.16. The van der Waals surface area contributed by atoms with Gasteiger partial charge >= 0.3 is 6.18 Å². The Morgan fingerprint density at radius 1 is 1.36 bits per heavy atom. The van der Waals surface area contributed by atoms with Crippen molar-refractivity contribution in [2.75, 3.05) is 13.1 Å². The minimum Gasteiger partial charge on any atom is -0.326 e. The van der Waals surface area contributed by atoms with E-state index in [1.54, 1.807) is 0 Å².